The van der Waals surface area contributed by atoms with Crippen molar-refractivity contribution in [3.8, 4) is 11.5 Å². The monoisotopic (exact) mass is 409 g/mol. The van der Waals surface area contributed by atoms with Gasteiger partial charge in [-0.05, 0) is 68.1 Å². The van der Waals surface area contributed by atoms with Gasteiger partial charge in [-0.15, -0.1) is 0 Å². The molecule has 2 aromatic rings. The molecule has 4 rings (SSSR count). The lowest BCUT2D eigenvalue weighted by Crippen LogP contribution is -2.41. The Morgan fingerprint density at radius 2 is 1.83 bits per heavy atom. The minimum atomic E-state index is 0.0749. The molecule has 5 heteroatoms. The van der Waals surface area contributed by atoms with Gasteiger partial charge in [0.05, 0.1) is 6.10 Å². The fourth-order valence-electron chi connectivity index (χ4n) is 4.03. The summed E-state index contributed by atoms with van der Waals surface area (Å²) in [4.78, 5) is 14.8. The smallest absolute Gasteiger partial charge is 0.253 e. The van der Waals surface area contributed by atoms with E-state index in [4.69, 9.17) is 14.2 Å². The summed E-state index contributed by atoms with van der Waals surface area (Å²) < 4.78 is 17.6. The van der Waals surface area contributed by atoms with Gasteiger partial charge in [-0.25, -0.2) is 0 Å². The standard InChI is InChI=1S/C25H31NO4/c1-18-5-6-19(2)24(16-18)30-22-11-13-26(14-12-22)25(27)20-7-9-21(10-8-20)29-17-23-4-3-15-28-23/h5-10,16,22-23H,3-4,11-15,17H2,1-2H3. The lowest BCUT2D eigenvalue weighted by atomic mass is 10.1. The van der Waals surface area contributed by atoms with E-state index in [1.54, 1.807) is 0 Å². The number of rotatable bonds is 6. The molecule has 2 saturated heterocycles. The first-order chi connectivity index (χ1) is 14.6. The number of aryl methyl sites for hydroxylation is 2. The van der Waals surface area contributed by atoms with Gasteiger partial charge in [0.25, 0.3) is 5.91 Å². The van der Waals surface area contributed by atoms with Crippen LogP contribution in [0, 0.1) is 13.8 Å². The van der Waals surface area contributed by atoms with Crippen LogP contribution in [0.2, 0.25) is 0 Å². The molecule has 0 N–H and O–H groups in total. The van der Waals surface area contributed by atoms with Gasteiger partial charge in [0, 0.05) is 38.1 Å². The highest BCUT2D eigenvalue weighted by Gasteiger charge is 2.25. The lowest BCUT2D eigenvalue weighted by Gasteiger charge is -2.32. The second-order valence-corrected chi connectivity index (χ2v) is 8.35. The van der Waals surface area contributed by atoms with Crippen LogP contribution in [-0.4, -0.2) is 49.3 Å². The summed E-state index contributed by atoms with van der Waals surface area (Å²) >= 11 is 0. The van der Waals surface area contributed by atoms with Crippen molar-refractivity contribution in [2.75, 3.05) is 26.3 Å². The van der Waals surface area contributed by atoms with E-state index in [1.807, 2.05) is 29.2 Å². The third-order valence-electron chi connectivity index (χ3n) is 5.93. The number of amides is 1. The first-order valence-electron chi connectivity index (χ1n) is 11.0. The zero-order valence-electron chi connectivity index (χ0n) is 17.9. The number of carbonyl (C=O) groups is 1. The Labute approximate surface area is 178 Å². The predicted octanol–water partition coefficient (Wildman–Crippen LogP) is 4.54. The van der Waals surface area contributed by atoms with Crippen LogP contribution in [-0.2, 0) is 4.74 Å². The zero-order valence-corrected chi connectivity index (χ0v) is 17.9. The number of carbonyl (C=O) groups excluding carboxylic acids is 1. The highest BCUT2D eigenvalue weighted by Crippen LogP contribution is 2.25. The maximum Gasteiger partial charge on any atom is 0.253 e. The minimum Gasteiger partial charge on any atom is -0.491 e. The Hall–Kier alpha value is -2.53. The number of piperidine rings is 1. The molecule has 0 spiro atoms. The zero-order chi connectivity index (χ0) is 20.9. The first kappa shape index (κ1) is 20.7. The van der Waals surface area contributed by atoms with Gasteiger partial charge in [-0.1, -0.05) is 12.1 Å². The number of hydrogen-bond acceptors (Lipinski definition) is 4. The molecule has 2 aliphatic heterocycles. The quantitative estimate of drug-likeness (QED) is 0.703. The van der Waals surface area contributed by atoms with E-state index in [1.165, 1.54) is 5.56 Å². The van der Waals surface area contributed by atoms with Crippen LogP contribution in [0.1, 0.15) is 47.2 Å². The van der Waals surface area contributed by atoms with Crippen molar-refractivity contribution in [2.24, 2.45) is 0 Å². The lowest BCUT2D eigenvalue weighted by molar-refractivity contribution is 0.0593. The second kappa shape index (κ2) is 9.52. The summed E-state index contributed by atoms with van der Waals surface area (Å²) in [5, 5.41) is 0. The number of benzene rings is 2. The van der Waals surface area contributed by atoms with Crippen LogP contribution in [0.5, 0.6) is 11.5 Å². The summed E-state index contributed by atoms with van der Waals surface area (Å²) in [5.74, 6) is 1.81. The molecule has 1 unspecified atom stereocenters. The molecule has 160 valence electrons. The minimum absolute atomic E-state index is 0.0749. The fraction of sp³-hybridized carbons (Fsp3) is 0.480. The van der Waals surface area contributed by atoms with Crippen molar-refractivity contribution in [2.45, 2.75) is 51.7 Å². The van der Waals surface area contributed by atoms with Crippen LogP contribution in [0.25, 0.3) is 0 Å². The SMILES string of the molecule is Cc1ccc(C)c(OC2CCN(C(=O)c3ccc(OCC4CCCO4)cc3)CC2)c1. The third kappa shape index (κ3) is 5.14. The average molecular weight is 410 g/mol. The number of ether oxygens (including phenoxy) is 3. The third-order valence-corrected chi connectivity index (χ3v) is 5.93. The van der Waals surface area contributed by atoms with E-state index >= 15 is 0 Å². The Kier molecular flexibility index (Phi) is 6.58. The number of likely N-dealkylation sites (tertiary alicyclic amines) is 1. The van der Waals surface area contributed by atoms with E-state index in [2.05, 4.69) is 32.0 Å². The molecule has 5 nitrogen and oxygen atoms in total. The van der Waals surface area contributed by atoms with Crippen LogP contribution < -0.4 is 9.47 Å². The van der Waals surface area contributed by atoms with E-state index in [0.717, 1.165) is 49.4 Å². The average Bonchev–Trinajstić information content (AvgIpc) is 3.29. The van der Waals surface area contributed by atoms with E-state index < -0.39 is 0 Å². The molecular weight excluding hydrogens is 378 g/mol. The highest BCUT2D eigenvalue weighted by atomic mass is 16.5. The molecular formula is C25H31NO4. The predicted molar refractivity (Wildman–Crippen MR) is 116 cm³/mol. The van der Waals surface area contributed by atoms with Crippen molar-refractivity contribution >= 4 is 5.91 Å². The first-order valence-corrected chi connectivity index (χ1v) is 11.0. The van der Waals surface area contributed by atoms with Gasteiger partial charge in [-0.2, -0.15) is 0 Å². The summed E-state index contributed by atoms with van der Waals surface area (Å²) in [6, 6.07) is 13.7. The Morgan fingerprint density at radius 1 is 1.07 bits per heavy atom. The van der Waals surface area contributed by atoms with Crippen LogP contribution in [0.15, 0.2) is 42.5 Å². The summed E-state index contributed by atoms with van der Waals surface area (Å²) in [6.07, 6.45) is 4.21. The molecule has 2 heterocycles. The molecule has 30 heavy (non-hydrogen) atoms. The van der Waals surface area contributed by atoms with E-state index in [9.17, 15) is 4.79 Å². The molecule has 1 atom stereocenters. The van der Waals surface area contributed by atoms with Crippen molar-refractivity contribution in [1.82, 2.24) is 4.90 Å². The molecule has 0 aliphatic carbocycles. The Bertz CT molecular complexity index is 850. The van der Waals surface area contributed by atoms with E-state index in [-0.39, 0.29) is 18.1 Å². The van der Waals surface area contributed by atoms with Gasteiger partial charge >= 0.3 is 0 Å². The van der Waals surface area contributed by atoms with Gasteiger partial charge in [0.2, 0.25) is 0 Å². The van der Waals surface area contributed by atoms with Crippen molar-refractivity contribution in [3.63, 3.8) is 0 Å². The van der Waals surface area contributed by atoms with Gasteiger partial charge in [-0.3, -0.25) is 4.79 Å². The van der Waals surface area contributed by atoms with Gasteiger partial charge < -0.3 is 19.1 Å². The maximum atomic E-state index is 12.9. The summed E-state index contributed by atoms with van der Waals surface area (Å²) in [6.45, 7) is 6.97. The molecule has 2 fully saturated rings. The highest BCUT2D eigenvalue weighted by molar-refractivity contribution is 5.94. The molecule has 2 aromatic carbocycles. The van der Waals surface area contributed by atoms with Gasteiger partial charge in [0.1, 0.15) is 24.2 Å². The fourth-order valence-corrected chi connectivity index (χ4v) is 4.03. The molecule has 0 bridgehead atoms. The molecule has 0 aromatic heterocycles. The topological polar surface area (TPSA) is 48.0 Å². The molecule has 0 radical (unpaired) electrons. The number of hydrogen-bond donors (Lipinski definition) is 0. The van der Waals surface area contributed by atoms with E-state index in [0.29, 0.717) is 25.3 Å². The summed E-state index contributed by atoms with van der Waals surface area (Å²) in [5.41, 5.74) is 3.06. The van der Waals surface area contributed by atoms with Crippen molar-refractivity contribution < 1.29 is 19.0 Å². The second-order valence-electron chi connectivity index (χ2n) is 8.35. The molecule has 2 aliphatic rings. The van der Waals surface area contributed by atoms with Crippen LogP contribution in [0.3, 0.4) is 0 Å². The molecule has 0 saturated carbocycles. The molecule has 1 amide bonds. The Balaban J connectivity index is 1.27. The summed E-state index contributed by atoms with van der Waals surface area (Å²) in [7, 11) is 0. The number of nitrogens with zero attached hydrogens (tertiary/aromatic N) is 1. The Morgan fingerprint density at radius 3 is 2.53 bits per heavy atom. The van der Waals surface area contributed by atoms with Crippen molar-refractivity contribution in [3.05, 3.63) is 59.2 Å². The normalized spacial score (nSPS) is 19.7. The van der Waals surface area contributed by atoms with Crippen LogP contribution in [0.4, 0.5) is 0 Å². The maximum absolute atomic E-state index is 12.9. The van der Waals surface area contributed by atoms with Gasteiger partial charge in [0.15, 0.2) is 0 Å². The van der Waals surface area contributed by atoms with Crippen LogP contribution >= 0.6 is 0 Å². The van der Waals surface area contributed by atoms with Crippen molar-refractivity contribution in [1.29, 1.82) is 0 Å². The largest absolute Gasteiger partial charge is 0.491 e.